The van der Waals surface area contributed by atoms with Crippen molar-refractivity contribution in [2.75, 3.05) is 17.7 Å². The number of carbonyl (C=O) groups is 2. The van der Waals surface area contributed by atoms with E-state index in [4.69, 9.17) is 4.74 Å². The van der Waals surface area contributed by atoms with Gasteiger partial charge in [0, 0.05) is 14.5 Å². The van der Waals surface area contributed by atoms with Gasteiger partial charge in [-0.05, 0) is 86.5 Å². The zero-order valence-electron chi connectivity index (χ0n) is 15.4. The average Bonchev–Trinajstić information content (AvgIpc) is 2.72. The molecule has 0 heterocycles. The van der Waals surface area contributed by atoms with Gasteiger partial charge < -0.3 is 15.4 Å². The third-order valence-electron chi connectivity index (χ3n) is 4.06. The second-order valence-electron chi connectivity index (χ2n) is 6.07. The van der Waals surface area contributed by atoms with Gasteiger partial charge in [-0.25, -0.2) is 8.78 Å². The Morgan fingerprint density at radius 2 is 1.33 bits per heavy atom. The van der Waals surface area contributed by atoms with Crippen LogP contribution in [0.4, 0.5) is 20.2 Å². The smallest absolute Gasteiger partial charge is 0.259 e. The van der Waals surface area contributed by atoms with E-state index >= 15 is 0 Å². The summed E-state index contributed by atoms with van der Waals surface area (Å²) in [6.07, 6.45) is 0. The average molecular weight is 540 g/mol. The monoisotopic (exact) mass is 538 g/mol. The molecule has 2 amide bonds. The molecule has 0 aliphatic heterocycles. The highest BCUT2D eigenvalue weighted by Gasteiger charge is 2.18. The van der Waals surface area contributed by atoms with Crippen LogP contribution in [-0.2, 0) is 0 Å². The molecule has 0 bridgehead atoms. The molecule has 3 rings (SSSR count). The highest BCUT2D eigenvalue weighted by Crippen LogP contribution is 2.27. The summed E-state index contributed by atoms with van der Waals surface area (Å²) in [5.41, 5.74) is 0.682. The third-order valence-corrected chi connectivity index (χ3v) is 5.44. The molecule has 0 saturated carbocycles. The first-order valence-electron chi connectivity index (χ1n) is 8.49. The Balaban J connectivity index is 1.89. The topological polar surface area (TPSA) is 67.4 Å². The van der Waals surface area contributed by atoms with E-state index in [1.807, 2.05) is 0 Å². The van der Waals surface area contributed by atoms with Crippen molar-refractivity contribution >= 4 is 55.0 Å². The van der Waals surface area contributed by atoms with Crippen molar-refractivity contribution in [1.82, 2.24) is 0 Å². The number of rotatable bonds is 5. The molecular formula is C21H14Br2F2N2O3. The first-order chi connectivity index (χ1) is 14.3. The van der Waals surface area contributed by atoms with Gasteiger partial charge in [0.2, 0.25) is 0 Å². The summed E-state index contributed by atoms with van der Waals surface area (Å²) < 4.78 is 33.2. The second kappa shape index (κ2) is 9.36. The number of hydrogen-bond acceptors (Lipinski definition) is 3. The van der Waals surface area contributed by atoms with Crippen LogP contribution in [0.5, 0.6) is 5.75 Å². The molecule has 0 spiro atoms. The third kappa shape index (κ3) is 5.03. The van der Waals surface area contributed by atoms with Crippen LogP contribution in [0.15, 0.2) is 63.5 Å². The zero-order chi connectivity index (χ0) is 21.8. The normalized spacial score (nSPS) is 10.4. The van der Waals surface area contributed by atoms with Gasteiger partial charge in [-0.1, -0.05) is 0 Å². The molecule has 0 saturated heterocycles. The lowest BCUT2D eigenvalue weighted by molar-refractivity contribution is 0.102. The van der Waals surface area contributed by atoms with Crippen molar-refractivity contribution < 1.29 is 23.1 Å². The largest absolute Gasteiger partial charge is 0.496 e. The Kier molecular flexibility index (Phi) is 6.84. The zero-order valence-corrected chi connectivity index (χ0v) is 18.6. The molecule has 2 N–H and O–H groups in total. The van der Waals surface area contributed by atoms with E-state index in [0.717, 1.165) is 6.07 Å². The minimum atomic E-state index is -0.597. The number of hydrogen-bond donors (Lipinski definition) is 2. The molecule has 5 nitrogen and oxygen atoms in total. The number of halogens is 4. The van der Waals surface area contributed by atoms with Crippen LogP contribution < -0.4 is 15.4 Å². The van der Waals surface area contributed by atoms with Gasteiger partial charge in [0.25, 0.3) is 11.8 Å². The van der Waals surface area contributed by atoms with E-state index in [2.05, 4.69) is 42.5 Å². The summed E-state index contributed by atoms with van der Waals surface area (Å²) >= 11 is 6.48. The predicted molar refractivity (Wildman–Crippen MR) is 117 cm³/mol. The summed E-state index contributed by atoms with van der Waals surface area (Å²) in [7, 11) is 1.38. The Labute approximate surface area is 187 Å². The maximum absolute atomic E-state index is 13.5. The van der Waals surface area contributed by atoms with E-state index in [0.29, 0.717) is 8.95 Å². The fourth-order valence-corrected chi connectivity index (χ4v) is 3.29. The Bertz CT molecular complexity index is 1140. The Hall–Kier alpha value is -2.78. The van der Waals surface area contributed by atoms with Crippen LogP contribution in [-0.4, -0.2) is 18.9 Å². The fourth-order valence-electron chi connectivity index (χ4n) is 2.60. The molecule has 3 aromatic carbocycles. The van der Waals surface area contributed by atoms with Gasteiger partial charge in [-0.3, -0.25) is 9.59 Å². The Morgan fingerprint density at radius 1 is 0.800 bits per heavy atom. The van der Waals surface area contributed by atoms with E-state index in [1.165, 1.54) is 55.6 Å². The molecule has 3 aromatic rings. The lowest BCUT2D eigenvalue weighted by Crippen LogP contribution is -2.17. The minimum absolute atomic E-state index is 0.0691. The second-order valence-corrected chi connectivity index (χ2v) is 7.78. The molecule has 0 fully saturated rings. The quantitative estimate of drug-likeness (QED) is 0.417. The van der Waals surface area contributed by atoms with Crippen LogP contribution in [0.1, 0.15) is 20.7 Å². The number of nitrogens with one attached hydrogen (secondary N) is 2. The SMILES string of the molecule is COc1ccc(C(=O)Nc2cc(F)ccc2Br)cc1C(=O)Nc1cc(F)ccc1Br. The predicted octanol–water partition coefficient (Wildman–Crippen LogP) is 6.00. The molecule has 9 heteroatoms. The lowest BCUT2D eigenvalue weighted by Gasteiger charge is -2.13. The standard InChI is InChI=1S/C21H14Br2F2N2O3/c1-30-19-7-2-11(20(28)26-17-9-12(24)3-5-15(17)22)8-14(19)21(29)27-18-10-13(25)4-6-16(18)23/h2-10H,1H3,(H,26,28)(H,27,29). The summed E-state index contributed by atoms with van der Waals surface area (Å²) in [5.74, 6) is -1.95. The molecule has 0 aromatic heterocycles. The van der Waals surface area contributed by atoms with Gasteiger partial charge in [0.15, 0.2) is 0 Å². The molecule has 0 aliphatic carbocycles. The van der Waals surface area contributed by atoms with E-state index in [1.54, 1.807) is 0 Å². The summed E-state index contributed by atoms with van der Waals surface area (Å²) in [6, 6.07) is 12.0. The molecule has 0 aliphatic rings. The van der Waals surface area contributed by atoms with Gasteiger partial charge in [0.1, 0.15) is 17.4 Å². The van der Waals surface area contributed by atoms with E-state index < -0.39 is 23.4 Å². The first-order valence-corrected chi connectivity index (χ1v) is 10.1. The molecule has 30 heavy (non-hydrogen) atoms. The van der Waals surface area contributed by atoms with Crippen LogP contribution in [0.25, 0.3) is 0 Å². The van der Waals surface area contributed by atoms with Crippen molar-refractivity contribution in [3.05, 3.63) is 86.3 Å². The molecule has 0 unspecified atom stereocenters. The Morgan fingerprint density at radius 3 is 1.87 bits per heavy atom. The molecule has 154 valence electrons. The highest BCUT2D eigenvalue weighted by molar-refractivity contribution is 9.11. The molecule has 0 radical (unpaired) electrons. The molecule has 0 atom stereocenters. The number of methoxy groups -OCH3 is 1. The van der Waals surface area contributed by atoms with Gasteiger partial charge in [-0.2, -0.15) is 0 Å². The van der Waals surface area contributed by atoms with Gasteiger partial charge >= 0.3 is 0 Å². The fraction of sp³-hybridized carbons (Fsp3) is 0.0476. The maximum Gasteiger partial charge on any atom is 0.259 e. The van der Waals surface area contributed by atoms with Crippen LogP contribution in [0, 0.1) is 11.6 Å². The number of amides is 2. The van der Waals surface area contributed by atoms with Crippen molar-refractivity contribution in [2.24, 2.45) is 0 Å². The first kappa shape index (κ1) is 21.9. The summed E-state index contributed by atoms with van der Waals surface area (Å²) in [4.78, 5) is 25.4. The van der Waals surface area contributed by atoms with Crippen molar-refractivity contribution in [3.8, 4) is 5.75 Å². The lowest BCUT2D eigenvalue weighted by atomic mass is 10.1. The summed E-state index contributed by atoms with van der Waals surface area (Å²) in [6.45, 7) is 0. The van der Waals surface area contributed by atoms with Crippen molar-refractivity contribution in [1.29, 1.82) is 0 Å². The maximum atomic E-state index is 13.5. The minimum Gasteiger partial charge on any atom is -0.496 e. The highest BCUT2D eigenvalue weighted by atomic mass is 79.9. The summed E-state index contributed by atoms with van der Waals surface area (Å²) in [5, 5.41) is 5.16. The number of anilines is 2. The van der Waals surface area contributed by atoms with Crippen LogP contribution in [0.2, 0.25) is 0 Å². The van der Waals surface area contributed by atoms with Gasteiger partial charge in [0.05, 0.1) is 24.0 Å². The number of benzene rings is 3. The molecular weight excluding hydrogens is 526 g/mol. The van der Waals surface area contributed by atoms with Crippen LogP contribution >= 0.6 is 31.9 Å². The van der Waals surface area contributed by atoms with E-state index in [-0.39, 0.29) is 28.3 Å². The van der Waals surface area contributed by atoms with Crippen molar-refractivity contribution in [2.45, 2.75) is 0 Å². The number of ether oxygens (including phenoxy) is 1. The number of carbonyl (C=O) groups excluding carboxylic acids is 2. The van der Waals surface area contributed by atoms with Crippen molar-refractivity contribution in [3.63, 3.8) is 0 Å². The van der Waals surface area contributed by atoms with Gasteiger partial charge in [-0.15, -0.1) is 0 Å². The van der Waals surface area contributed by atoms with Crippen LogP contribution in [0.3, 0.4) is 0 Å². The van der Waals surface area contributed by atoms with E-state index in [9.17, 15) is 18.4 Å².